The predicted octanol–water partition coefficient (Wildman–Crippen LogP) is 2.36. The molecule has 0 saturated carbocycles. The third kappa shape index (κ3) is 3.16. The minimum Gasteiger partial charge on any atom is -0.496 e. The molecule has 120 valence electrons. The Hall–Kier alpha value is -2.24. The second-order valence-corrected chi connectivity index (χ2v) is 5.12. The summed E-state index contributed by atoms with van der Waals surface area (Å²) in [5, 5.41) is 0. The minimum absolute atomic E-state index is 0.239. The zero-order valence-electron chi connectivity index (χ0n) is 13.1. The molecule has 6 nitrogen and oxygen atoms in total. The van der Waals surface area contributed by atoms with Crippen LogP contribution >= 0.6 is 0 Å². The average Bonchev–Trinajstić information content (AvgIpc) is 2.83. The van der Waals surface area contributed by atoms with E-state index in [1.54, 1.807) is 7.11 Å². The highest BCUT2D eigenvalue weighted by atomic mass is 16.6. The number of carbonyl (C=O) groups is 2. The van der Waals surface area contributed by atoms with Gasteiger partial charge in [0, 0.05) is 5.56 Å². The lowest BCUT2D eigenvalue weighted by atomic mass is 10.1. The molecule has 1 saturated heterocycles. The first kappa shape index (κ1) is 16.1. The van der Waals surface area contributed by atoms with Gasteiger partial charge in [-0.15, -0.1) is 0 Å². The zero-order valence-corrected chi connectivity index (χ0v) is 13.1. The van der Waals surface area contributed by atoms with E-state index in [0.29, 0.717) is 12.2 Å². The summed E-state index contributed by atoms with van der Waals surface area (Å²) in [7, 11) is 2.88. The van der Waals surface area contributed by atoms with Crippen LogP contribution in [0.1, 0.15) is 25.3 Å². The van der Waals surface area contributed by atoms with Crippen LogP contribution in [-0.2, 0) is 20.8 Å². The van der Waals surface area contributed by atoms with Crippen LogP contribution in [0.25, 0.3) is 0 Å². The van der Waals surface area contributed by atoms with Crippen LogP contribution in [0.15, 0.2) is 24.3 Å². The Morgan fingerprint density at radius 1 is 1.32 bits per heavy atom. The molecule has 1 heterocycles. The fourth-order valence-electron chi connectivity index (χ4n) is 2.66. The third-order valence-corrected chi connectivity index (χ3v) is 3.72. The van der Waals surface area contributed by atoms with Gasteiger partial charge in [-0.1, -0.05) is 31.5 Å². The Morgan fingerprint density at radius 3 is 2.68 bits per heavy atom. The summed E-state index contributed by atoms with van der Waals surface area (Å²) in [6.07, 6.45) is 0.460. The zero-order chi connectivity index (χ0) is 16.1. The van der Waals surface area contributed by atoms with Gasteiger partial charge >= 0.3 is 12.1 Å². The van der Waals surface area contributed by atoms with Crippen LogP contribution in [0, 0.1) is 0 Å². The number of cyclic esters (lactones) is 1. The lowest BCUT2D eigenvalue weighted by Gasteiger charge is -2.23. The first-order valence-corrected chi connectivity index (χ1v) is 7.29. The van der Waals surface area contributed by atoms with Crippen LogP contribution in [0.2, 0.25) is 0 Å². The van der Waals surface area contributed by atoms with E-state index in [-0.39, 0.29) is 6.54 Å². The molecule has 1 aromatic carbocycles. The van der Waals surface area contributed by atoms with Crippen molar-refractivity contribution in [3.63, 3.8) is 0 Å². The topological polar surface area (TPSA) is 65.1 Å². The largest absolute Gasteiger partial charge is 0.496 e. The summed E-state index contributed by atoms with van der Waals surface area (Å²) >= 11 is 0. The van der Waals surface area contributed by atoms with Gasteiger partial charge in [-0.3, -0.25) is 4.90 Å². The number of hydrogen-bond acceptors (Lipinski definition) is 5. The molecule has 1 aromatic rings. The van der Waals surface area contributed by atoms with Crippen LogP contribution in [0.3, 0.4) is 0 Å². The number of methoxy groups -OCH3 is 2. The van der Waals surface area contributed by atoms with Crippen molar-refractivity contribution >= 4 is 12.1 Å². The van der Waals surface area contributed by atoms with Gasteiger partial charge in [-0.05, 0) is 12.5 Å². The predicted molar refractivity (Wildman–Crippen MR) is 79.5 cm³/mol. The summed E-state index contributed by atoms with van der Waals surface area (Å²) in [5.41, 5.74) is 0.813. The molecule has 0 unspecified atom stereocenters. The van der Waals surface area contributed by atoms with Crippen LogP contribution < -0.4 is 4.74 Å². The van der Waals surface area contributed by atoms with Crippen molar-refractivity contribution in [3.8, 4) is 5.75 Å². The summed E-state index contributed by atoms with van der Waals surface area (Å²) in [6.45, 7) is 2.22. The summed E-state index contributed by atoms with van der Waals surface area (Å²) in [4.78, 5) is 25.6. The molecule has 0 aliphatic carbocycles. The van der Waals surface area contributed by atoms with Gasteiger partial charge in [0.1, 0.15) is 11.9 Å². The van der Waals surface area contributed by atoms with Gasteiger partial charge < -0.3 is 14.2 Å². The van der Waals surface area contributed by atoms with Gasteiger partial charge in [-0.25, -0.2) is 9.59 Å². The van der Waals surface area contributed by atoms with Gasteiger partial charge in [-0.2, -0.15) is 0 Å². The van der Waals surface area contributed by atoms with Crippen LogP contribution in [0.4, 0.5) is 4.79 Å². The highest BCUT2D eigenvalue weighted by molar-refractivity contribution is 5.85. The number of rotatable bonds is 6. The maximum Gasteiger partial charge on any atom is 0.411 e. The first-order valence-electron chi connectivity index (χ1n) is 7.29. The minimum atomic E-state index is -0.720. The molecular formula is C16H21NO5. The van der Waals surface area contributed by atoms with E-state index in [0.717, 1.165) is 12.0 Å². The number of ether oxygens (including phenoxy) is 3. The molecule has 0 N–H and O–H groups in total. The monoisotopic (exact) mass is 307 g/mol. The quantitative estimate of drug-likeness (QED) is 0.755. The average molecular weight is 307 g/mol. The van der Waals surface area contributed by atoms with Crippen molar-refractivity contribution < 1.29 is 23.8 Å². The molecule has 1 aliphatic rings. The second kappa shape index (κ2) is 7.15. The lowest BCUT2D eigenvalue weighted by Crippen LogP contribution is -2.43. The second-order valence-electron chi connectivity index (χ2n) is 5.12. The number of para-hydroxylation sites is 1. The van der Waals surface area contributed by atoms with Gasteiger partial charge in [0.15, 0.2) is 6.04 Å². The molecule has 0 spiro atoms. The van der Waals surface area contributed by atoms with E-state index in [2.05, 4.69) is 0 Å². The maximum atomic E-state index is 12.1. The van der Waals surface area contributed by atoms with E-state index >= 15 is 0 Å². The summed E-state index contributed by atoms with van der Waals surface area (Å²) < 4.78 is 15.5. The number of nitrogens with zero attached hydrogens (tertiary/aromatic N) is 1. The number of hydrogen-bond donors (Lipinski definition) is 0. The molecule has 0 bridgehead atoms. The molecule has 1 amide bonds. The van der Waals surface area contributed by atoms with Gasteiger partial charge in [0.05, 0.1) is 20.8 Å². The molecule has 1 fully saturated rings. The molecule has 2 rings (SSSR count). The molecule has 22 heavy (non-hydrogen) atoms. The Bertz CT molecular complexity index is 545. The Balaban J connectivity index is 2.26. The lowest BCUT2D eigenvalue weighted by molar-refractivity contribution is -0.146. The fourth-order valence-corrected chi connectivity index (χ4v) is 2.66. The highest BCUT2D eigenvalue weighted by Gasteiger charge is 2.46. The Labute approximate surface area is 129 Å². The highest BCUT2D eigenvalue weighted by Crippen LogP contribution is 2.28. The van der Waals surface area contributed by atoms with Crippen molar-refractivity contribution in [2.75, 3.05) is 14.2 Å². The first-order chi connectivity index (χ1) is 10.6. The van der Waals surface area contributed by atoms with Crippen LogP contribution in [-0.4, -0.2) is 43.3 Å². The van der Waals surface area contributed by atoms with Gasteiger partial charge in [0.25, 0.3) is 0 Å². The van der Waals surface area contributed by atoms with E-state index in [4.69, 9.17) is 14.2 Å². The summed E-state index contributed by atoms with van der Waals surface area (Å²) in [5.74, 6) is 0.206. The Morgan fingerprint density at radius 2 is 2.05 bits per heavy atom. The standard InChI is InChI=1S/C16H21NO5/c1-4-7-13-14(15(18)21-3)17(16(19)22-13)10-11-8-5-6-9-12(11)20-2/h5-6,8-9,13-14H,4,7,10H2,1-3H3/t13-,14+/m0/s1. The third-order valence-electron chi connectivity index (χ3n) is 3.72. The van der Waals surface area contributed by atoms with E-state index < -0.39 is 24.2 Å². The van der Waals surface area contributed by atoms with E-state index in [9.17, 15) is 9.59 Å². The van der Waals surface area contributed by atoms with Crippen molar-refractivity contribution in [2.45, 2.75) is 38.5 Å². The van der Waals surface area contributed by atoms with Crippen molar-refractivity contribution in [1.29, 1.82) is 0 Å². The van der Waals surface area contributed by atoms with Crippen molar-refractivity contribution in [2.24, 2.45) is 0 Å². The molecular weight excluding hydrogens is 286 g/mol. The van der Waals surface area contributed by atoms with Crippen molar-refractivity contribution in [1.82, 2.24) is 4.90 Å². The SMILES string of the molecule is CCC[C@@H]1OC(=O)N(Cc2ccccc2OC)[C@H]1C(=O)OC. The molecule has 0 aromatic heterocycles. The number of amides is 1. The normalized spacial score (nSPS) is 20.7. The molecule has 1 aliphatic heterocycles. The molecule has 2 atom stereocenters. The summed E-state index contributed by atoms with van der Waals surface area (Å²) in [6, 6.07) is 6.65. The Kier molecular flexibility index (Phi) is 5.25. The van der Waals surface area contributed by atoms with Crippen molar-refractivity contribution in [3.05, 3.63) is 29.8 Å². The fraction of sp³-hybridized carbons (Fsp3) is 0.500. The molecule has 6 heteroatoms. The number of benzene rings is 1. The van der Waals surface area contributed by atoms with Gasteiger partial charge in [0.2, 0.25) is 0 Å². The smallest absolute Gasteiger partial charge is 0.411 e. The van der Waals surface area contributed by atoms with Crippen LogP contribution in [0.5, 0.6) is 5.75 Å². The van der Waals surface area contributed by atoms with E-state index in [1.165, 1.54) is 12.0 Å². The number of esters is 1. The maximum absolute atomic E-state index is 12.1. The molecule has 0 radical (unpaired) electrons. The number of carbonyl (C=O) groups excluding carboxylic acids is 2. The van der Waals surface area contributed by atoms with E-state index in [1.807, 2.05) is 31.2 Å².